The smallest absolute Gasteiger partial charge is 0.408 e. The highest BCUT2D eigenvalue weighted by atomic mass is 16.6. The first kappa shape index (κ1) is 36.9. The third kappa shape index (κ3) is 12.3. The number of hydrogen-bond acceptors (Lipinski definition) is 5. The molecular weight excluding hydrogens is 578 g/mol. The van der Waals surface area contributed by atoms with Crippen LogP contribution in [0.2, 0.25) is 0 Å². The maximum absolute atomic E-state index is 14.7. The summed E-state index contributed by atoms with van der Waals surface area (Å²) in [6, 6.07) is 12.8. The van der Waals surface area contributed by atoms with Crippen LogP contribution < -0.4 is 10.6 Å². The topological polar surface area (TPSA) is 108 Å². The van der Waals surface area contributed by atoms with Crippen LogP contribution in [0.3, 0.4) is 0 Å². The zero-order valence-corrected chi connectivity index (χ0v) is 28.8. The number of hydrogen-bond donors (Lipinski definition) is 3. The Balaban J connectivity index is 2.01. The number of carbonyl (C=O) groups excluding carboxylic acids is 3. The summed E-state index contributed by atoms with van der Waals surface area (Å²) >= 11 is 0. The zero-order valence-electron chi connectivity index (χ0n) is 28.8. The van der Waals surface area contributed by atoms with Crippen molar-refractivity contribution in [3.8, 4) is 5.75 Å². The Bertz CT molecular complexity index is 1220. The van der Waals surface area contributed by atoms with Gasteiger partial charge in [0.05, 0.1) is 0 Å². The lowest BCUT2D eigenvalue weighted by atomic mass is 9.94. The Hall–Kier alpha value is -3.55. The van der Waals surface area contributed by atoms with Crippen molar-refractivity contribution in [2.24, 2.45) is 0 Å². The molecule has 3 rings (SSSR count). The van der Waals surface area contributed by atoms with Gasteiger partial charge in [0.2, 0.25) is 11.8 Å². The van der Waals surface area contributed by atoms with Gasteiger partial charge in [-0.05, 0) is 75.3 Å². The van der Waals surface area contributed by atoms with Crippen molar-refractivity contribution in [3.63, 3.8) is 0 Å². The highest BCUT2D eigenvalue weighted by molar-refractivity contribution is 5.92. The third-order valence-electron chi connectivity index (χ3n) is 8.62. The highest BCUT2D eigenvalue weighted by Crippen LogP contribution is 2.27. The number of phenols is 1. The first-order valence-electron chi connectivity index (χ1n) is 17.5. The molecule has 1 saturated carbocycles. The molecule has 0 spiro atoms. The van der Waals surface area contributed by atoms with Crippen molar-refractivity contribution < 1.29 is 24.2 Å². The molecule has 0 bridgehead atoms. The van der Waals surface area contributed by atoms with Gasteiger partial charge in [-0.2, -0.15) is 0 Å². The maximum Gasteiger partial charge on any atom is 0.408 e. The van der Waals surface area contributed by atoms with Crippen LogP contribution in [0, 0.1) is 0 Å². The van der Waals surface area contributed by atoms with E-state index < -0.39 is 23.8 Å². The Morgan fingerprint density at radius 2 is 1.48 bits per heavy atom. The monoisotopic (exact) mass is 635 g/mol. The number of amides is 3. The van der Waals surface area contributed by atoms with Crippen molar-refractivity contribution in [3.05, 3.63) is 65.2 Å². The van der Waals surface area contributed by atoms with Gasteiger partial charge in [-0.15, -0.1) is 0 Å². The van der Waals surface area contributed by atoms with Crippen LogP contribution in [0.1, 0.15) is 128 Å². The molecule has 2 aromatic rings. The Kier molecular flexibility index (Phi) is 14.9. The number of carbonyl (C=O) groups is 3. The van der Waals surface area contributed by atoms with Gasteiger partial charge in [-0.3, -0.25) is 9.59 Å². The fraction of sp³-hybridized carbons (Fsp3) is 0.605. The molecule has 0 saturated heterocycles. The van der Waals surface area contributed by atoms with Crippen molar-refractivity contribution in [1.82, 2.24) is 15.5 Å². The minimum Gasteiger partial charge on any atom is -0.508 e. The first-order valence-corrected chi connectivity index (χ1v) is 17.5. The second kappa shape index (κ2) is 18.6. The second-order valence-corrected chi connectivity index (χ2v) is 13.7. The Morgan fingerprint density at radius 1 is 0.870 bits per heavy atom. The number of alkyl carbamates (subject to hydrolysis) is 1. The van der Waals surface area contributed by atoms with Gasteiger partial charge >= 0.3 is 6.09 Å². The summed E-state index contributed by atoms with van der Waals surface area (Å²) in [6.07, 6.45) is 11.8. The SMILES string of the molecule is CCCCCCCCN(C(=O)C(Cc1ccc(O)cc1)NC(=O)OC(C)(C)C)C(C(=O)NC1CCCCC1)c1ccc(CC)cc1. The number of ether oxygens (including phenoxy) is 1. The largest absolute Gasteiger partial charge is 0.508 e. The Labute approximate surface area is 276 Å². The second-order valence-electron chi connectivity index (χ2n) is 13.7. The lowest BCUT2D eigenvalue weighted by molar-refractivity contribution is -0.143. The van der Waals surface area contributed by atoms with Gasteiger partial charge in [-0.1, -0.05) is 102 Å². The molecule has 2 atom stereocenters. The van der Waals surface area contributed by atoms with Gasteiger partial charge < -0.3 is 25.4 Å². The summed E-state index contributed by atoms with van der Waals surface area (Å²) in [4.78, 5) is 43.8. The van der Waals surface area contributed by atoms with Crippen molar-refractivity contribution in [2.75, 3.05) is 6.54 Å². The van der Waals surface area contributed by atoms with E-state index in [0.29, 0.717) is 6.54 Å². The number of unbranched alkanes of at least 4 members (excludes halogenated alkanes) is 5. The van der Waals surface area contributed by atoms with Crippen molar-refractivity contribution in [2.45, 2.75) is 142 Å². The van der Waals surface area contributed by atoms with Gasteiger partial charge in [-0.25, -0.2) is 4.79 Å². The molecule has 3 amide bonds. The van der Waals surface area contributed by atoms with Crippen LogP contribution in [0.15, 0.2) is 48.5 Å². The first-order chi connectivity index (χ1) is 22.0. The standard InChI is InChI=1S/C38H57N3O5/c1-6-8-9-10-11-15-26-41(34(30-22-18-28(7-2)19-23-30)35(43)39-31-16-13-12-14-17-31)36(44)33(40-37(45)46-38(3,4)5)27-29-20-24-32(42)25-21-29/h18-25,31,33-34,42H,6-17,26-27H2,1-5H3,(H,39,43)(H,40,45). The fourth-order valence-electron chi connectivity index (χ4n) is 6.08. The van der Waals surface area contributed by atoms with E-state index in [0.717, 1.165) is 80.9 Å². The molecular formula is C38H57N3O5. The molecule has 1 aliphatic carbocycles. The number of nitrogens with zero attached hydrogens (tertiary/aromatic N) is 1. The van der Waals surface area contributed by atoms with Crippen LogP contribution in [0.5, 0.6) is 5.75 Å². The third-order valence-corrected chi connectivity index (χ3v) is 8.62. The number of rotatable bonds is 16. The van der Waals surface area contributed by atoms with Crippen LogP contribution >= 0.6 is 0 Å². The summed E-state index contributed by atoms with van der Waals surface area (Å²) < 4.78 is 5.57. The zero-order chi connectivity index (χ0) is 33.5. The molecule has 0 aromatic heterocycles. The number of benzene rings is 2. The molecule has 2 aromatic carbocycles. The summed E-state index contributed by atoms with van der Waals surface area (Å²) in [5.74, 6) is -0.404. The number of phenolic OH excluding ortho intramolecular Hbond substituents is 1. The average molecular weight is 636 g/mol. The van der Waals surface area contributed by atoms with Crippen LogP contribution in [-0.2, 0) is 27.2 Å². The lowest BCUT2D eigenvalue weighted by Gasteiger charge is -2.36. The summed E-state index contributed by atoms with van der Waals surface area (Å²) in [6.45, 7) is 9.99. The summed E-state index contributed by atoms with van der Waals surface area (Å²) in [5, 5.41) is 16.0. The van der Waals surface area contributed by atoms with E-state index in [1.54, 1.807) is 49.9 Å². The molecule has 1 aliphatic rings. The van der Waals surface area contributed by atoms with Gasteiger partial charge in [0.15, 0.2) is 0 Å². The molecule has 0 heterocycles. The lowest BCUT2D eigenvalue weighted by Crippen LogP contribution is -2.54. The Morgan fingerprint density at radius 3 is 2.09 bits per heavy atom. The molecule has 2 unspecified atom stereocenters. The summed E-state index contributed by atoms with van der Waals surface area (Å²) in [5.41, 5.74) is 1.92. The predicted octanol–water partition coefficient (Wildman–Crippen LogP) is 7.77. The van der Waals surface area contributed by atoms with E-state index in [-0.39, 0.29) is 30.0 Å². The number of aromatic hydroxyl groups is 1. The van der Waals surface area contributed by atoms with E-state index in [1.165, 1.54) is 12.8 Å². The average Bonchev–Trinajstić information content (AvgIpc) is 3.02. The minimum atomic E-state index is -0.987. The van der Waals surface area contributed by atoms with E-state index in [9.17, 15) is 19.5 Å². The molecule has 8 nitrogen and oxygen atoms in total. The molecule has 8 heteroatoms. The van der Waals surface area contributed by atoms with Crippen LogP contribution in [0.25, 0.3) is 0 Å². The highest BCUT2D eigenvalue weighted by Gasteiger charge is 2.37. The predicted molar refractivity (Wildman–Crippen MR) is 184 cm³/mol. The van der Waals surface area contributed by atoms with Crippen molar-refractivity contribution in [1.29, 1.82) is 0 Å². The van der Waals surface area contributed by atoms with E-state index in [4.69, 9.17) is 4.74 Å². The van der Waals surface area contributed by atoms with E-state index in [2.05, 4.69) is 24.5 Å². The molecule has 1 fully saturated rings. The molecule has 46 heavy (non-hydrogen) atoms. The molecule has 254 valence electrons. The molecule has 0 aliphatic heterocycles. The molecule has 0 radical (unpaired) electrons. The summed E-state index contributed by atoms with van der Waals surface area (Å²) in [7, 11) is 0. The number of aryl methyl sites for hydroxylation is 1. The van der Waals surface area contributed by atoms with Crippen LogP contribution in [0.4, 0.5) is 4.79 Å². The minimum absolute atomic E-state index is 0.0809. The van der Waals surface area contributed by atoms with E-state index in [1.807, 2.05) is 24.3 Å². The van der Waals surface area contributed by atoms with E-state index >= 15 is 0 Å². The fourth-order valence-corrected chi connectivity index (χ4v) is 6.08. The van der Waals surface area contributed by atoms with Crippen LogP contribution in [-0.4, -0.2) is 52.1 Å². The van der Waals surface area contributed by atoms with Crippen molar-refractivity contribution >= 4 is 17.9 Å². The van der Waals surface area contributed by atoms with Gasteiger partial charge in [0, 0.05) is 19.0 Å². The normalized spacial score (nSPS) is 15.1. The van der Waals surface area contributed by atoms with Gasteiger partial charge in [0.25, 0.3) is 0 Å². The number of nitrogens with one attached hydrogen (secondary N) is 2. The maximum atomic E-state index is 14.7. The molecule has 3 N–H and O–H groups in total. The quantitative estimate of drug-likeness (QED) is 0.163. The van der Waals surface area contributed by atoms with Gasteiger partial charge in [0.1, 0.15) is 23.4 Å².